The summed E-state index contributed by atoms with van der Waals surface area (Å²) >= 11 is 0. The molecule has 0 spiro atoms. The molecule has 3 aliphatic carbocycles. The number of rotatable bonds is 2. The van der Waals surface area contributed by atoms with E-state index in [-0.39, 0.29) is 5.41 Å². The summed E-state index contributed by atoms with van der Waals surface area (Å²) in [4.78, 5) is 0. The molecule has 0 bridgehead atoms. The fraction of sp³-hybridized carbons (Fsp3) is 0.700. The van der Waals surface area contributed by atoms with Crippen molar-refractivity contribution in [3.8, 4) is 5.75 Å². The Labute approximate surface area is 138 Å². The Bertz CT molecular complexity index is 599. The lowest BCUT2D eigenvalue weighted by molar-refractivity contribution is -0.0505. The van der Waals surface area contributed by atoms with Crippen LogP contribution >= 0.6 is 0 Å². The van der Waals surface area contributed by atoms with E-state index in [2.05, 4.69) is 25.1 Å². The molecule has 1 aromatic rings. The van der Waals surface area contributed by atoms with Gasteiger partial charge in [-0.25, -0.2) is 0 Å². The Morgan fingerprint density at radius 1 is 1.26 bits per heavy atom. The van der Waals surface area contributed by atoms with Gasteiger partial charge in [0.2, 0.25) is 0 Å². The van der Waals surface area contributed by atoms with Crippen LogP contribution in [-0.4, -0.2) is 29.0 Å². The molecule has 3 heteroatoms. The zero-order valence-electron chi connectivity index (χ0n) is 14.2. The van der Waals surface area contributed by atoms with Crippen molar-refractivity contribution in [2.75, 3.05) is 6.61 Å². The number of aliphatic hydroxyl groups excluding tert-OH is 2. The summed E-state index contributed by atoms with van der Waals surface area (Å²) in [5.41, 5.74) is 2.84. The summed E-state index contributed by atoms with van der Waals surface area (Å²) in [5.74, 6) is 2.62. The van der Waals surface area contributed by atoms with Crippen molar-refractivity contribution in [1.29, 1.82) is 0 Å². The molecule has 23 heavy (non-hydrogen) atoms. The van der Waals surface area contributed by atoms with E-state index in [1.165, 1.54) is 17.5 Å². The van der Waals surface area contributed by atoms with E-state index >= 15 is 0 Å². The second kappa shape index (κ2) is 5.49. The lowest BCUT2D eigenvalue weighted by atomic mass is 9.55. The van der Waals surface area contributed by atoms with Crippen LogP contribution in [-0.2, 0) is 6.42 Å². The van der Waals surface area contributed by atoms with Crippen molar-refractivity contribution in [1.82, 2.24) is 0 Å². The molecule has 4 rings (SSSR count). The van der Waals surface area contributed by atoms with Crippen LogP contribution in [0.1, 0.15) is 56.6 Å². The van der Waals surface area contributed by atoms with Gasteiger partial charge in [0.15, 0.2) is 0 Å². The molecular weight excluding hydrogens is 288 g/mol. The van der Waals surface area contributed by atoms with Crippen LogP contribution in [0.2, 0.25) is 0 Å². The standard InChI is InChI=1S/C20H28O3/c1-3-23-13-5-7-14-12(10-13)4-6-16-15(14)8-9-20(2)17(16)11-18(21)19(20)22/h5,7,10,15-19,21-22H,3-4,6,8-9,11H2,1-2H3/t15-,16-,17+,18+,19+,20+/m1/s1. The van der Waals surface area contributed by atoms with Crippen LogP contribution in [0.25, 0.3) is 0 Å². The highest BCUT2D eigenvalue weighted by Gasteiger charge is 2.57. The summed E-state index contributed by atoms with van der Waals surface area (Å²) in [5, 5.41) is 20.7. The molecule has 3 nitrogen and oxygen atoms in total. The van der Waals surface area contributed by atoms with Crippen LogP contribution in [0.4, 0.5) is 0 Å². The molecule has 0 heterocycles. The largest absolute Gasteiger partial charge is 0.494 e. The zero-order valence-corrected chi connectivity index (χ0v) is 14.2. The summed E-state index contributed by atoms with van der Waals surface area (Å²) in [7, 11) is 0. The Balaban J connectivity index is 1.65. The van der Waals surface area contributed by atoms with Gasteiger partial charge in [-0.3, -0.25) is 0 Å². The van der Waals surface area contributed by atoms with Crippen LogP contribution in [0.15, 0.2) is 18.2 Å². The molecule has 0 aromatic heterocycles. The number of hydrogen-bond acceptors (Lipinski definition) is 3. The van der Waals surface area contributed by atoms with Gasteiger partial charge in [0.25, 0.3) is 0 Å². The van der Waals surface area contributed by atoms with Gasteiger partial charge in [-0.05, 0) is 85.5 Å². The lowest BCUT2D eigenvalue weighted by Gasteiger charge is -2.49. The van der Waals surface area contributed by atoms with Gasteiger partial charge in [-0.2, -0.15) is 0 Å². The number of aliphatic hydroxyl groups is 2. The molecular formula is C20H28O3. The van der Waals surface area contributed by atoms with Gasteiger partial charge in [0.05, 0.1) is 18.8 Å². The highest BCUT2D eigenvalue weighted by atomic mass is 16.5. The topological polar surface area (TPSA) is 49.7 Å². The number of ether oxygens (including phenoxy) is 1. The maximum atomic E-state index is 10.5. The van der Waals surface area contributed by atoms with E-state index in [9.17, 15) is 10.2 Å². The fourth-order valence-electron chi connectivity index (χ4n) is 5.80. The second-order valence-corrected chi connectivity index (χ2v) is 8.00. The lowest BCUT2D eigenvalue weighted by Crippen LogP contribution is -2.44. The Morgan fingerprint density at radius 2 is 2.09 bits per heavy atom. The Hall–Kier alpha value is -1.06. The third kappa shape index (κ3) is 2.24. The van der Waals surface area contributed by atoms with Crippen molar-refractivity contribution < 1.29 is 14.9 Å². The molecule has 0 radical (unpaired) electrons. The summed E-state index contributed by atoms with van der Waals surface area (Å²) < 4.78 is 5.66. The van der Waals surface area contributed by atoms with E-state index in [1.807, 2.05) is 6.92 Å². The van der Waals surface area contributed by atoms with Crippen LogP contribution in [0.5, 0.6) is 5.75 Å². The number of hydrogen-bond donors (Lipinski definition) is 2. The minimum absolute atomic E-state index is 0.0939. The van der Waals surface area contributed by atoms with Gasteiger partial charge in [0.1, 0.15) is 5.75 Å². The SMILES string of the molecule is CCOc1ccc2c(c1)CC[C@@H]1[C@@H]2CC[C@]2(C)[C@@H](O)[C@@H](O)C[C@@H]12. The fourth-order valence-corrected chi connectivity index (χ4v) is 5.80. The Kier molecular flexibility index (Phi) is 3.69. The normalized spacial score (nSPS) is 41.8. The molecule has 0 aliphatic heterocycles. The van der Waals surface area contributed by atoms with Gasteiger partial charge in [-0.1, -0.05) is 13.0 Å². The van der Waals surface area contributed by atoms with Gasteiger partial charge in [0, 0.05) is 0 Å². The molecule has 0 amide bonds. The van der Waals surface area contributed by atoms with Crippen LogP contribution in [0, 0.1) is 17.3 Å². The molecule has 2 fully saturated rings. The number of fused-ring (bicyclic) bond motifs is 5. The minimum atomic E-state index is -0.546. The van der Waals surface area contributed by atoms with Crippen LogP contribution < -0.4 is 4.74 Å². The van der Waals surface area contributed by atoms with Crippen molar-refractivity contribution in [2.24, 2.45) is 17.3 Å². The molecule has 2 saturated carbocycles. The first kappa shape index (κ1) is 15.5. The van der Waals surface area contributed by atoms with Crippen molar-refractivity contribution >= 4 is 0 Å². The van der Waals surface area contributed by atoms with Gasteiger partial charge in [-0.15, -0.1) is 0 Å². The van der Waals surface area contributed by atoms with E-state index in [4.69, 9.17) is 4.74 Å². The van der Waals surface area contributed by atoms with E-state index < -0.39 is 12.2 Å². The third-order valence-electron chi connectivity index (χ3n) is 6.98. The van der Waals surface area contributed by atoms with Crippen molar-refractivity contribution in [3.63, 3.8) is 0 Å². The van der Waals surface area contributed by atoms with E-state index in [0.29, 0.717) is 24.4 Å². The Morgan fingerprint density at radius 3 is 2.87 bits per heavy atom. The molecule has 126 valence electrons. The van der Waals surface area contributed by atoms with Crippen molar-refractivity contribution in [2.45, 2.75) is 64.1 Å². The maximum absolute atomic E-state index is 10.5. The van der Waals surface area contributed by atoms with E-state index in [1.54, 1.807) is 0 Å². The average Bonchev–Trinajstić information content (AvgIpc) is 2.78. The molecule has 2 N–H and O–H groups in total. The molecule has 0 unspecified atom stereocenters. The predicted molar refractivity (Wildman–Crippen MR) is 89.6 cm³/mol. The van der Waals surface area contributed by atoms with E-state index in [0.717, 1.165) is 31.4 Å². The zero-order chi connectivity index (χ0) is 16.2. The quantitative estimate of drug-likeness (QED) is 0.880. The van der Waals surface area contributed by atoms with Gasteiger partial charge < -0.3 is 14.9 Å². The number of aryl methyl sites for hydroxylation is 1. The average molecular weight is 316 g/mol. The highest BCUT2D eigenvalue weighted by molar-refractivity contribution is 5.40. The van der Waals surface area contributed by atoms with Gasteiger partial charge >= 0.3 is 0 Å². The molecule has 0 saturated heterocycles. The smallest absolute Gasteiger partial charge is 0.119 e. The predicted octanol–water partition coefficient (Wildman–Crippen LogP) is 3.27. The second-order valence-electron chi connectivity index (χ2n) is 8.00. The highest BCUT2D eigenvalue weighted by Crippen LogP contribution is 2.60. The molecule has 1 aromatic carbocycles. The summed E-state index contributed by atoms with van der Waals surface area (Å²) in [6.07, 6.45) is 4.10. The monoisotopic (exact) mass is 316 g/mol. The summed E-state index contributed by atoms with van der Waals surface area (Å²) in [6, 6.07) is 6.60. The summed E-state index contributed by atoms with van der Waals surface area (Å²) in [6.45, 7) is 4.93. The molecule has 3 aliphatic rings. The first-order chi connectivity index (χ1) is 11.0. The van der Waals surface area contributed by atoms with Crippen LogP contribution in [0.3, 0.4) is 0 Å². The maximum Gasteiger partial charge on any atom is 0.119 e. The number of benzene rings is 1. The first-order valence-electron chi connectivity index (χ1n) is 9.16. The molecule has 6 atom stereocenters. The minimum Gasteiger partial charge on any atom is -0.494 e. The first-order valence-corrected chi connectivity index (χ1v) is 9.16. The third-order valence-corrected chi connectivity index (χ3v) is 6.98. The van der Waals surface area contributed by atoms with Crippen molar-refractivity contribution in [3.05, 3.63) is 29.3 Å².